The van der Waals surface area contributed by atoms with Crippen LogP contribution in [0.1, 0.15) is 15.9 Å². The van der Waals surface area contributed by atoms with E-state index in [0.717, 1.165) is 25.2 Å². The Labute approximate surface area is 96.4 Å². The molecule has 0 saturated carbocycles. The molecule has 0 bridgehead atoms. The second-order valence-corrected chi connectivity index (χ2v) is 3.91. The second-order valence-electron chi connectivity index (χ2n) is 3.91. The average molecular weight is 221 g/mol. The molecule has 4 nitrogen and oxygen atoms in total. The smallest absolute Gasteiger partial charge is 0.248 e. The van der Waals surface area contributed by atoms with E-state index >= 15 is 0 Å². The third kappa shape index (κ3) is 4.00. The third-order valence-electron chi connectivity index (χ3n) is 2.41. The van der Waals surface area contributed by atoms with Crippen LogP contribution in [-0.2, 0) is 6.54 Å². The summed E-state index contributed by atoms with van der Waals surface area (Å²) in [6.45, 7) is 2.74. The Hall–Kier alpha value is -1.39. The molecule has 1 rings (SSSR count). The van der Waals surface area contributed by atoms with Crippen LogP contribution in [0.5, 0.6) is 0 Å². The largest absolute Gasteiger partial charge is 0.366 e. The highest BCUT2D eigenvalue weighted by Gasteiger charge is 2.03. The van der Waals surface area contributed by atoms with Gasteiger partial charge in [-0.1, -0.05) is 12.1 Å². The first kappa shape index (κ1) is 12.7. The van der Waals surface area contributed by atoms with Crippen molar-refractivity contribution in [3.05, 3.63) is 35.4 Å². The van der Waals surface area contributed by atoms with Crippen LogP contribution < -0.4 is 11.1 Å². The van der Waals surface area contributed by atoms with Crippen molar-refractivity contribution in [2.45, 2.75) is 6.54 Å². The number of rotatable bonds is 6. The zero-order valence-electron chi connectivity index (χ0n) is 9.86. The van der Waals surface area contributed by atoms with Crippen molar-refractivity contribution < 1.29 is 4.79 Å². The van der Waals surface area contributed by atoms with Crippen molar-refractivity contribution >= 4 is 5.91 Å². The lowest BCUT2D eigenvalue weighted by molar-refractivity contribution is 0.1000. The summed E-state index contributed by atoms with van der Waals surface area (Å²) in [5.74, 6) is -0.375. The summed E-state index contributed by atoms with van der Waals surface area (Å²) in [6, 6.07) is 7.45. The molecule has 88 valence electrons. The third-order valence-corrected chi connectivity index (χ3v) is 2.41. The number of hydrogen-bond acceptors (Lipinski definition) is 3. The highest BCUT2D eigenvalue weighted by atomic mass is 16.1. The zero-order valence-corrected chi connectivity index (χ0v) is 9.86. The molecule has 1 aromatic carbocycles. The molecule has 0 unspecified atom stereocenters. The van der Waals surface area contributed by atoms with Gasteiger partial charge >= 0.3 is 0 Å². The molecular formula is C12H19N3O. The minimum atomic E-state index is -0.375. The Morgan fingerprint density at radius 2 is 2.25 bits per heavy atom. The molecular weight excluding hydrogens is 202 g/mol. The van der Waals surface area contributed by atoms with Crippen molar-refractivity contribution in [1.82, 2.24) is 10.2 Å². The fourth-order valence-electron chi connectivity index (χ4n) is 1.52. The number of nitrogens with zero attached hydrogens (tertiary/aromatic N) is 1. The highest BCUT2D eigenvalue weighted by Crippen LogP contribution is 2.06. The average Bonchev–Trinajstić information content (AvgIpc) is 2.26. The Bertz CT molecular complexity index is 352. The van der Waals surface area contributed by atoms with Crippen LogP contribution >= 0.6 is 0 Å². The summed E-state index contributed by atoms with van der Waals surface area (Å²) >= 11 is 0. The van der Waals surface area contributed by atoms with Gasteiger partial charge in [-0.15, -0.1) is 0 Å². The van der Waals surface area contributed by atoms with Crippen LogP contribution in [0, 0.1) is 0 Å². The lowest BCUT2D eigenvalue weighted by Crippen LogP contribution is -2.27. The molecule has 4 heteroatoms. The van der Waals surface area contributed by atoms with E-state index in [4.69, 9.17) is 5.73 Å². The molecule has 0 atom stereocenters. The summed E-state index contributed by atoms with van der Waals surface area (Å²) in [7, 11) is 3.98. The molecule has 0 aliphatic carbocycles. The topological polar surface area (TPSA) is 58.4 Å². The first-order chi connectivity index (χ1) is 7.63. The first-order valence-corrected chi connectivity index (χ1v) is 5.35. The number of amides is 1. The molecule has 0 saturated heterocycles. The predicted octanol–water partition coefficient (Wildman–Crippen LogP) is 0.437. The molecule has 16 heavy (non-hydrogen) atoms. The molecule has 3 N–H and O–H groups in total. The normalized spacial score (nSPS) is 10.7. The molecule has 0 aromatic heterocycles. The number of carbonyl (C=O) groups is 1. The molecule has 1 amide bonds. The van der Waals surface area contributed by atoms with Gasteiger partial charge in [0.1, 0.15) is 0 Å². The Morgan fingerprint density at radius 3 is 2.88 bits per heavy atom. The van der Waals surface area contributed by atoms with Gasteiger partial charge in [0.2, 0.25) is 5.91 Å². The number of primary amides is 1. The van der Waals surface area contributed by atoms with Crippen LogP contribution in [0.4, 0.5) is 0 Å². The maximum atomic E-state index is 11.0. The number of likely N-dealkylation sites (N-methyl/N-ethyl adjacent to an activating group) is 2. The van der Waals surface area contributed by atoms with Crippen molar-refractivity contribution in [3.63, 3.8) is 0 Å². The number of hydrogen-bond donors (Lipinski definition) is 2. The number of benzene rings is 1. The van der Waals surface area contributed by atoms with Crippen LogP contribution in [-0.4, -0.2) is 38.0 Å². The van der Waals surface area contributed by atoms with Crippen molar-refractivity contribution in [1.29, 1.82) is 0 Å². The lowest BCUT2D eigenvalue weighted by Gasteiger charge is -2.16. The number of nitrogens with two attached hydrogens (primary N) is 1. The van der Waals surface area contributed by atoms with Gasteiger partial charge in [0.05, 0.1) is 0 Å². The monoisotopic (exact) mass is 221 g/mol. The summed E-state index contributed by atoms with van der Waals surface area (Å²) in [5.41, 5.74) is 6.91. The number of nitrogens with one attached hydrogen (secondary N) is 1. The van der Waals surface area contributed by atoms with Gasteiger partial charge in [0.15, 0.2) is 0 Å². The van der Waals surface area contributed by atoms with Gasteiger partial charge in [-0.25, -0.2) is 0 Å². The number of carbonyl (C=O) groups excluding carboxylic acids is 1. The molecule has 0 fully saturated rings. The van der Waals surface area contributed by atoms with E-state index < -0.39 is 0 Å². The molecule has 0 aliphatic rings. The van der Waals surface area contributed by atoms with E-state index in [1.165, 1.54) is 0 Å². The van der Waals surface area contributed by atoms with Gasteiger partial charge < -0.3 is 16.0 Å². The zero-order chi connectivity index (χ0) is 12.0. The molecule has 0 radical (unpaired) electrons. The fraction of sp³-hybridized carbons (Fsp3) is 0.417. The minimum Gasteiger partial charge on any atom is -0.366 e. The van der Waals surface area contributed by atoms with E-state index in [0.29, 0.717) is 5.56 Å². The van der Waals surface area contributed by atoms with Gasteiger partial charge in [-0.3, -0.25) is 4.79 Å². The van der Waals surface area contributed by atoms with Gasteiger partial charge in [0, 0.05) is 25.2 Å². The van der Waals surface area contributed by atoms with Crippen molar-refractivity contribution in [3.8, 4) is 0 Å². The van der Waals surface area contributed by atoms with Crippen LogP contribution in [0.3, 0.4) is 0 Å². The Kier molecular flexibility index (Phi) is 4.95. The molecule has 0 aliphatic heterocycles. The van der Waals surface area contributed by atoms with Gasteiger partial charge in [-0.2, -0.15) is 0 Å². The molecule has 0 heterocycles. The Balaban J connectivity index is 2.59. The highest BCUT2D eigenvalue weighted by molar-refractivity contribution is 5.92. The van der Waals surface area contributed by atoms with Crippen LogP contribution in [0.25, 0.3) is 0 Å². The summed E-state index contributed by atoms with van der Waals surface area (Å²) < 4.78 is 0. The Morgan fingerprint density at radius 1 is 1.50 bits per heavy atom. The van der Waals surface area contributed by atoms with Crippen LogP contribution in [0.15, 0.2) is 24.3 Å². The minimum absolute atomic E-state index is 0.375. The molecule has 0 spiro atoms. The predicted molar refractivity (Wildman–Crippen MR) is 65.2 cm³/mol. The van der Waals surface area contributed by atoms with E-state index in [1.807, 2.05) is 32.3 Å². The maximum absolute atomic E-state index is 11.0. The van der Waals surface area contributed by atoms with Crippen molar-refractivity contribution in [2.24, 2.45) is 5.73 Å². The maximum Gasteiger partial charge on any atom is 0.248 e. The fourth-order valence-corrected chi connectivity index (χ4v) is 1.52. The first-order valence-electron chi connectivity index (χ1n) is 5.35. The van der Waals surface area contributed by atoms with E-state index in [9.17, 15) is 4.79 Å². The van der Waals surface area contributed by atoms with Crippen molar-refractivity contribution in [2.75, 3.05) is 27.2 Å². The van der Waals surface area contributed by atoms with E-state index in [2.05, 4.69) is 10.2 Å². The van der Waals surface area contributed by atoms with Gasteiger partial charge in [0.25, 0.3) is 0 Å². The quantitative estimate of drug-likeness (QED) is 0.732. The SMILES string of the molecule is CNCCN(C)Cc1cccc(C(N)=O)c1. The van der Waals surface area contributed by atoms with Crippen LogP contribution in [0.2, 0.25) is 0 Å². The summed E-state index contributed by atoms with van der Waals surface area (Å²) in [4.78, 5) is 13.2. The summed E-state index contributed by atoms with van der Waals surface area (Å²) in [6.07, 6.45) is 0. The van der Waals surface area contributed by atoms with Gasteiger partial charge in [-0.05, 0) is 31.8 Å². The van der Waals surface area contributed by atoms with E-state index in [-0.39, 0.29) is 5.91 Å². The molecule has 1 aromatic rings. The second kappa shape index (κ2) is 6.25. The standard InChI is InChI=1S/C12H19N3O/c1-14-6-7-15(2)9-10-4-3-5-11(8-10)12(13)16/h3-5,8,14H,6-7,9H2,1-2H3,(H2,13,16). The van der Waals surface area contributed by atoms with E-state index in [1.54, 1.807) is 6.07 Å². The summed E-state index contributed by atoms with van der Waals surface area (Å²) in [5, 5.41) is 3.10. The lowest BCUT2D eigenvalue weighted by atomic mass is 10.1.